The minimum absolute atomic E-state index is 0.0280. The summed E-state index contributed by atoms with van der Waals surface area (Å²) >= 11 is 0. The third-order valence-electron chi connectivity index (χ3n) is 5.71. The number of carbonyl (C=O) groups is 2. The molecule has 2 fully saturated rings. The number of hydrogen-bond acceptors (Lipinski definition) is 6. The lowest BCUT2D eigenvalue weighted by Crippen LogP contribution is -2.41. The van der Waals surface area contributed by atoms with Crippen molar-refractivity contribution in [2.45, 2.75) is 44.9 Å². The smallest absolute Gasteiger partial charge is 0.315 e. The van der Waals surface area contributed by atoms with Crippen LogP contribution in [0.2, 0.25) is 0 Å². The van der Waals surface area contributed by atoms with Crippen molar-refractivity contribution in [3.05, 3.63) is 27.8 Å². The Kier molecular flexibility index (Phi) is 5.62. The van der Waals surface area contributed by atoms with E-state index in [1.807, 2.05) is 0 Å². The van der Waals surface area contributed by atoms with Gasteiger partial charge in [0.2, 0.25) is 5.75 Å². The summed E-state index contributed by atoms with van der Waals surface area (Å²) in [4.78, 5) is 37.0. The first kappa shape index (κ1) is 19.1. The van der Waals surface area contributed by atoms with Gasteiger partial charge >= 0.3 is 5.69 Å². The minimum atomic E-state index is -0.853. The van der Waals surface area contributed by atoms with Gasteiger partial charge in [0, 0.05) is 31.0 Å². The average Bonchev–Trinajstić information content (AvgIpc) is 2.69. The zero-order chi connectivity index (χ0) is 19.6. The van der Waals surface area contributed by atoms with Crippen molar-refractivity contribution in [1.29, 1.82) is 0 Å². The molecule has 1 saturated carbocycles. The molecule has 1 heterocycles. The standard InChI is InChI=1S/C19H24N2O6/c22-16-11-14(10-15(18(16)24)21(26)27)19(25)20-8-6-13(7-9-20)17(23)12-4-2-1-3-5-12/h10-13,22,24H,1-9H2. The predicted octanol–water partition coefficient (Wildman–Crippen LogP) is 3.01. The van der Waals surface area contributed by atoms with Gasteiger partial charge in [0.05, 0.1) is 10.5 Å². The molecule has 0 atom stereocenters. The molecule has 8 heteroatoms. The molecule has 8 nitrogen and oxygen atoms in total. The maximum atomic E-state index is 12.7. The van der Waals surface area contributed by atoms with Crippen molar-refractivity contribution in [3.63, 3.8) is 0 Å². The van der Waals surface area contributed by atoms with E-state index in [1.165, 1.54) is 6.42 Å². The molecule has 0 spiro atoms. The molecule has 2 N–H and O–H groups in total. The molecule has 1 amide bonds. The fourth-order valence-electron chi connectivity index (χ4n) is 4.14. The van der Waals surface area contributed by atoms with Crippen molar-refractivity contribution in [3.8, 4) is 11.5 Å². The first-order valence-electron chi connectivity index (χ1n) is 9.42. The Hall–Kier alpha value is -2.64. The molecule has 0 radical (unpaired) electrons. The number of likely N-dealkylation sites (tertiary alicyclic amines) is 1. The number of rotatable bonds is 4. The number of hydrogen-bond donors (Lipinski definition) is 2. The van der Waals surface area contributed by atoms with Crippen LogP contribution in [-0.4, -0.2) is 44.8 Å². The average molecular weight is 376 g/mol. The Labute approximate surface area is 156 Å². The number of nitro groups is 1. The van der Waals surface area contributed by atoms with Gasteiger partial charge in [-0.2, -0.15) is 0 Å². The SMILES string of the molecule is O=C(C1CCCCC1)C1CCN(C(=O)c2cc(O)c(O)c([N+](=O)[O-])c2)CC1. The van der Waals surface area contributed by atoms with Crippen LogP contribution >= 0.6 is 0 Å². The maximum absolute atomic E-state index is 12.7. The van der Waals surface area contributed by atoms with Crippen molar-refractivity contribution in [1.82, 2.24) is 4.90 Å². The normalized spacial score (nSPS) is 19.0. The highest BCUT2D eigenvalue weighted by molar-refractivity contribution is 5.96. The van der Waals surface area contributed by atoms with Crippen molar-refractivity contribution in [2.24, 2.45) is 11.8 Å². The molecule has 0 unspecified atom stereocenters. The molecule has 0 bridgehead atoms. The molecule has 1 saturated heterocycles. The first-order valence-corrected chi connectivity index (χ1v) is 9.42. The monoisotopic (exact) mass is 376 g/mol. The number of aromatic hydroxyl groups is 2. The molecule has 3 rings (SSSR count). The molecule has 1 aliphatic carbocycles. The number of Topliss-reactive ketones (excluding diaryl/α,β-unsaturated/α-hetero) is 1. The number of phenolic OH excluding ortho intramolecular Hbond substituents is 2. The summed E-state index contributed by atoms with van der Waals surface area (Å²) in [7, 11) is 0. The summed E-state index contributed by atoms with van der Waals surface area (Å²) in [6.45, 7) is 0.800. The zero-order valence-electron chi connectivity index (χ0n) is 15.1. The second kappa shape index (κ2) is 7.94. The zero-order valence-corrected chi connectivity index (χ0v) is 15.1. The minimum Gasteiger partial charge on any atom is -0.504 e. The number of piperidine rings is 1. The quantitative estimate of drug-likeness (QED) is 0.473. The fraction of sp³-hybridized carbons (Fsp3) is 0.579. The van der Waals surface area contributed by atoms with E-state index in [0.717, 1.165) is 37.8 Å². The molecular formula is C19H24N2O6. The predicted molar refractivity (Wildman–Crippen MR) is 96.6 cm³/mol. The molecule has 1 aromatic carbocycles. The summed E-state index contributed by atoms with van der Waals surface area (Å²) in [5.74, 6) is -1.55. The van der Waals surface area contributed by atoms with E-state index in [9.17, 15) is 29.9 Å². The molecule has 146 valence electrons. The lowest BCUT2D eigenvalue weighted by atomic mass is 9.78. The second-order valence-electron chi connectivity index (χ2n) is 7.42. The van der Waals surface area contributed by atoms with E-state index in [1.54, 1.807) is 4.90 Å². The van der Waals surface area contributed by atoms with Gasteiger partial charge in [-0.3, -0.25) is 19.7 Å². The van der Waals surface area contributed by atoms with E-state index in [0.29, 0.717) is 31.7 Å². The van der Waals surface area contributed by atoms with Crippen LogP contribution in [0, 0.1) is 22.0 Å². The summed E-state index contributed by atoms with van der Waals surface area (Å²) in [5.41, 5.74) is -0.755. The van der Waals surface area contributed by atoms with Gasteiger partial charge in [-0.05, 0) is 31.7 Å². The van der Waals surface area contributed by atoms with Gasteiger partial charge in [-0.1, -0.05) is 19.3 Å². The topological polar surface area (TPSA) is 121 Å². The number of ketones is 1. The Morgan fingerprint density at radius 3 is 2.19 bits per heavy atom. The van der Waals surface area contributed by atoms with Crippen LogP contribution in [-0.2, 0) is 4.79 Å². The number of carbonyl (C=O) groups excluding carboxylic acids is 2. The molecular weight excluding hydrogens is 352 g/mol. The number of nitrogens with zero attached hydrogens (tertiary/aromatic N) is 2. The van der Waals surface area contributed by atoms with E-state index in [4.69, 9.17) is 0 Å². The molecule has 2 aliphatic rings. The van der Waals surface area contributed by atoms with E-state index in [-0.39, 0.29) is 17.4 Å². The largest absolute Gasteiger partial charge is 0.504 e. The highest BCUT2D eigenvalue weighted by atomic mass is 16.6. The van der Waals surface area contributed by atoms with Crippen LogP contribution in [0.25, 0.3) is 0 Å². The van der Waals surface area contributed by atoms with Crippen LogP contribution in [0.5, 0.6) is 11.5 Å². The number of benzene rings is 1. The van der Waals surface area contributed by atoms with Gasteiger partial charge in [-0.25, -0.2) is 0 Å². The number of nitro benzene ring substituents is 1. The Bertz CT molecular complexity index is 749. The highest BCUT2D eigenvalue weighted by Gasteiger charge is 2.33. The van der Waals surface area contributed by atoms with Gasteiger partial charge < -0.3 is 15.1 Å². The maximum Gasteiger partial charge on any atom is 0.315 e. The lowest BCUT2D eigenvalue weighted by molar-refractivity contribution is -0.386. The van der Waals surface area contributed by atoms with Crippen molar-refractivity contribution >= 4 is 17.4 Å². The van der Waals surface area contributed by atoms with Crippen LogP contribution in [0.3, 0.4) is 0 Å². The summed E-state index contributed by atoms with van der Waals surface area (Å²) in [5, 5.41) is 30.2. The van der Waals surface area contributed by atoms with Crippen LogP contribution < -0.4 is 0 Å². The molecule has 27 heavy (non-hydrogen) atoms. The third-order valence-corrected chi connectivity index (χ3v) is 5.71. The fourth-order valence-corrected chi connectivity index (χ4v) is 4.14. The van der Waals surface area contributed by atoms with Gasteiger partial charge in [-0.15, -0.1) is 0 Å². The first-order chi connectivity index (χ1) is 12.9. The summed E-state index contributed by atoms with van der Waals surface area (Å²) in [6, 6.07) is 2.00. The Balaban J connectivity index is 1.65. The van der Waals surface area contributed by atoms with Gasteiger partial charge in [0.25, 0.3) is 5.91 Å². The van der Waals surface area contributed by atoms with Gasteiger partial charge in [0.15, 0.2) is 5.75 Å². The van der Waals surface area contributed by atoms with Crippen molar-refractivity contribution in [2.75, 3.05) is 13.1 Å². The van der Waals surface area contributed by atoms with E-state index >= 15 is 0 Å². The number of amides is 1. The highest BCUT2D eigenvalue weighted by Crippen LogP contribution is 2.37. The summed E-state index contributed by atoms with van der Waals surface area (Å²) < 4.78 is 0. The van der Waals surface area contributed by atoms with Crippen LogP contribution in [0.15, 0.2) is 12.1 Å². The number of phenols is 2. The Morgan fingerprint density at radius 1 is 1.00 bits per heavy atom. The molecule has 1 aromatic rings. The van der Waals surface area contributed by atoms with Crippen LogP contribution in [0.1, 0.15) is 55.3 Å². The molecule has 1 aliphatic heterocycles. The van der Waals surface area contributed by atoms with Crippen molar-refractivity contribution < 1.29 is 24.7 Å². The van der Waals surface area contributed by atoms with E-state index in [2.05, 4.69) is 0 Å². The van der Waals surface area contributed by atoms with E-state index < -0.39 is 28.0 Å². The summed E-state index contributed by atoms with van der Waals surface area (Å²) in [6.07, 6.45) is 6.53. The third kappa shape index (κ3) is 4.04. The second-order valence-corrected chi connectivity index (χ2v) is 7.42. The van der Waals surface area contributed by atoms with Gasteiger partial charge in [0.1, 0.15) is 5.78 Å². The van der Waals surface area contributed by atoms with Crippen LogP contribution in [0.4, 0.5) is 5.69 Å². The molecule has 0 aromatic heterocycles. The lowest BCUT2D eigenvalue weighted by Gasteiger charge is -2.33. The Morgan fingerprint density at radius 2 is 1.59 bits per heavy atom.